The molecule has 5 heteroatoms. The summed E-state index contributed by atoms with van der Waals surface area (Å²) in [6, 6.07) is 3.30. The van der Waals surface area contributed by atoms with Gasteiger partial charge in [0.05, 0.1) is 4.90 Å². The highest BCUT2D eigenvalue weighted by Gasteiger charge is 2.15. The first-order chi connectivity index (χ1) is 7.36. The van der Waals surface area contributed by atoms with Gasteiger partial charge in [0.2, 0.25) is 10.0 Å². The van der Waals surface area contributed by atoms with E-state index in [1.807, 2.05) is 0 Å². The standard InChI is InChI=1S/C11H15NO3S/c1-4-5-15-10-6-8(2)11(9(3)7-10)16(12,13)14/h4,6-7H,1,5H2,2-3H3,(H2,12,13,14). The van der Waals surface area contributed by atoms with Crippen molar-refractivity contribution < 1.29 is 13.2 Å². The zero-order valence-corrected chi connectivity index (χ0v) is 10.2. The molecule has 88 valence electrons. The van der Waals surface area contributed by atoms with Gasteiger partial charge in [0.15, 0.2) is 0 Å². The zero-order valence-electron chi connectivity index (χ0n) is 9.36. The molecule has 1 rings (SSSR count). The fraction of sp³-hybridized carbons (Fsp3) is 0.273. The molecule has 0 fully saturated rings. The lowest BCUT2D eigenvalue weighted by Crippen LogP contribution is -2.15. The number of benzene rings is 1. The molecule has 0 heterocycles. The van der Waals surface area contributed by atoms with E-state index in [4.69, 9.17) is 9.88 Å². The van der Waals surface area contributed by atoms with E-state index in [1.54, 1.807) is 32.1 Å². The van der Waals surface area contributed by atoms with E-state index in [0.29, 0.717) is 23.5 Å². The molecule has 0 aliphatic rings. The third kappa shape index (κ3) is 2.84. The van der Waals surface area contributed by atoms with E-state index >= 15 is 0 Å². The minimum absolute atomic E-state index is 0.165. The summed E-state index contributed by atoms with van der Waals surface area (Å²) in [4.78, 5) is 0.165. The molecule has 0 amide bonds. The Balaban J connectivity index is 3.23. The van der Waals surface area contributed by atoms with E-state index in [-0.39, 0.29) is 4.90 Å². The van der Waals surface area contributed by atoms with Crippen LogP contribution in [0.3, 0.4) is 0 Å². The van der Waals surface area contributed by atoms with Crippen LogP contribution in [0.1, 0.15) is 11.1 Å². The molecule has 0 bridgehead atoms. The van der Waals surface area contributed by atoms with Crippen molar-refractivity contribution in [2.45, 2.75) is 18.7 Å². The highest BCUT2D eigenvalue weighted by atomic mass is 32.2. The molecule has 2 N–H and O–H groups in total. The summed E-state index contributed by atoms with van der Waals surface area (Å²) in [5.74, 6) is 0.613. The van der Waals surface area contributed by atoms with Crippen LogP contribution in [0.25, 0.3) is 0 Å². The lowest BCUT2D eigenvalue weighted by Gasteiger charge is -2.11. The maximum absolute atomic E-state index is 11.3. The molecule has 0 radical (unpaired) electrons. The Hall–Kier alpha value is -1.33. The van der Waals surface area contributed by atoms with E-state index in [1.165, 1.54) is 0 Å². The minimum atomic E-state index is -3.68. The lowest BCUT2D eigenvalue weighted by atomic mass is 10.1. The average molecular weight is 241 g/mol. The molecule has 0 saturated carbocycles. The summed E-state index contributed by atoms with van der Waals surface area (Å²) in [6.07, 6.45) is 1.62. The number of ether oxygens (including phenoxy) is 1. The van der Waals surface area contributed by atoms with Gasteiger partial charge in [0.25, 0.3) is 0 Å². The van der Waals surface area contributed by atoms with E-state index in [9.17, 15) is 8.42 Å². The van der Waals surface area contributed by atoms with Crippen molar-refractivity contribution in [1.29, 1.82) is 0 Å². The van der Waals surface area contributed by atoms with Gasteiger partial charge in [-0.25, -0.2) is 13.6 Å². The first-order valence-corrected chi connectivity index (χ1v) is 6.28. The van der Waals surface area contributed by atoms with Crippen LogP contribution in [-0.2, 0) is 10.0 Å². The number of rotatable bonds is 4. The minimum Gasteiger partial charge on any atom is -0.490 e. The van der Waals surface area contributed by atoms with Crippen molar-refractivity contribution in [1.82, 2.24) is 0 Å². The predicted octanol–water partition coefficient (Wildman–Crippen LogP) is 1.52. The molecule has 0 aromatic heterocycles. The van der Waals surface area contributed by atoms with E-state index in [2.05, 4.69) is 6.58 Å². The van der Waals surface area contributed by atoms with Crippen LogP contribution in [0.4, 0.5) is 0 Å². The van der Waals surface area contributed by atoms with Crippen LogP contribution in [0.2, 0.25) is 0 Å². The molecular formula is C11H15NO3S. The predicted molar refractivity (Wildman–Crippen MR) is 63.0 cm³/mol. The highest BCUT2D eigenvalue weighted by molar-refractivity contribution is 7.89. The molecular weight excluding hydrogens is 226 g/mol. The van der Waals surface area contributed by atoms with Gasteiger partial charge in [-0.05, 0) is 37.1 Å². The third-order valence-corrected chi connectivity index (χ3v) is 3.30. The maximum atomic E-state index is 11.3. The molecule has 0 aliphatic heterocycles. The van der Waals surface area contributed by atoms with Crippen LogP contribution in [0.5, 0.6) is 5.75 Å². The second kappa shape index (κ2) is 4.67. The molecule has 0 saturated heterocycles. The molecule has 0 spiro atoms. The smallest absolute Gasteiger partial charge is 0.238 e. The van der Waals surface area contributed by atoms with Gasteiger partial charge < -0.3 is 4.74 Å². The fourth-order valence-electron chi connectivity index (χ4n) is 1.60. The first kappa shape index (κ1) is 12.7. The van der Waals surface area contributed by atoms with Crippen LogP contribution in [0, 0.1) is 13.8 Å². The molecule has 4 nitrogen and oxygen atoms in total. The van der Waals surface area contributed by atoms with Crippen LogP contribution >= 0.6 is 0 Å². The van der Waals surface area contributed by atoms with Gasteiger partial charge in [0.1, 0.15) is 12.4 Å². The maximum Gasteiger partial charge on any atom is 0.238 e. The van der Waals surface area contributed by atoms with Crippen molar-refractivity contribution >= 4 is 10.0 Å². The first-order valence-electron chi connectivity index (χ1n) is 4.74. The second-order valence-corrected chi connectivity index (χ2v) is 5.03. The second-order valence-electron chi connectivity index (χ2n) is 3.53. The Morgan fingerprint density at radius 1 is 1.38 bits per heavy atom. The van der Waals surface area contributed by atoms with Gasteiger partial charge in [-0.3, -0.25) is 0 Å². The Bertz CT molecular complexity index is 483. The Labute approximate surface area is 95.8 Å². The SMILES string of the molecule is C=CCOc1cc(C)c(S(N)(=O)=O)c(C)c1. The molecule has 1 aromatic rings. The largest absolute Gasteiger partial charge is 0.490 e. The number of sulfonamides is 1. The van der Waals surface area contributed by atoms with E-state index < -0.39 is 10.0 Å². The van der Waals surface area contributed by atoms with Crippen LogP contribution < -0.4 is 9.88 Å². The summed E-state index contributed by atoms with van der Waals surface area (Å²) in [6.45, 7) is 7.30. The molecule has 0 unspecified atom stereocenters. The van der Waals surface area contributed by atoms with Gasteiger partial charge in [-0.2, -0.15) is 0 Å². The van der Waals surface area contributed by atoms with Gasteiger partial charge in [0, 0.05) is 0 Å². The van der Waals surface area contributed by atoms with Crippen LogP contribution in [-0.4, -0.2) is 15.0 Å². The summed E-state index contributed by atoms with van der Waals surface area (Å²) < 4.78 is 28.0. The van der Waals surface area contributed by atoms with E-state index in [0.717, 1.165) is 0 Å². The Morgan fingerprint density at radius 3 is 2.25 bits per heavy atom. The normalized spacial score (nSPS) is 11.2. The van der Waals surface area contributed by atoms with Crippen molar-refractivity contribution in [2.75, 3.05) is 6.61 Å². The van der Waals surface area contributed by atoms with Crippen molar-refractivity contribution in [3.8, 4) is 5.75 Å². The lowest BCUT2D eigenvalue weighted by molar-refractivity contribution is 0.362. The summed E-state index contributed by atoms with van der Waals surface area (Å²) >= 11 is 0. The summed E-state index contributed by atoms with van der Waals surface area (Å²) in [7, 11) is -3.68. The van der Waals surface area contributed by atoms with Crippen molar-refractivity contribution in [3.05, 3.63) is 35.9 Å². The zero-order chi connectivity index (χ0) is 12.3. The number of nitrogens with two attached hydrogens (primary N) is 1. The van der Waals surface area contributed by atoms with Gasteiger partial charge in [-0.1, -0.05) is 12.7 Å². The topological polar surface area (TPSA) is 69.4 Å². The average Bonchev–Trinajstić information content (AvgIpc) is 2.11. The number of hydrogen-bond acceptors (Lipinski definition) is 3. The monoisotopic (exact) mass is 241 g/mol. The molecule has 0 atom stereocenters. The molecule has 0 aliphatic carbocycles. The highest BCUT2D eigenvalue weighted by Crippen LogP contribution is 2.24. The quantitative estimate of drug-likeness (QED) is 0.812. The molecule has 16 heavy (non-hydrogen) atoms. The van der Waals surface area contributed by atoms with Gasteiger partial charge >= 0.3 is 0 Å². The van der Waals surface area contributed by atoms with Crippen molar-refractivity contribution in [2.24, 2.45) is 5.14 Å². The number of hydrogen-bond donors (Lipinski definition) is 1. The Kier molecular flexibility index (Phi) is 3.72. The fourth-order valence-corrected chi connectivity index (χ4v) is 2.61. The number of primary sulfonamides is 1. The Morgan fingerprint density at radius 2 is 1.88 bits per heavy atom. The van der Waals surface area contributed by atoms with Crippen LogP contribution in [0.15, 0.2) is 29.7 Å². The summed E-state index contributed by atoms with van der Waals surface area (Å²) in [5.41, 5.74) is 1.17. The van der Waals surface area contributed by atoms with Gasteiger partial charge in [-0.15, -0.1) is 0 Å². The number of aryl methyl sites for hydroxylation is 2. The van der Waals surface area contributed by atoms with Crippen molar-refractivity contribution in [3.63, 3.8) is 0 Å². The summed E-state index contributed by atoms with van der Waals surface area (Å²) in [5, 5.41) is 5.12. The molecule has 1 aromatic carbocycles. The third-order valence-electron chi connectivity index (χ3n) is 2.09.